The van der Waals surface area contributed by atoms with Crippen molar-refractivity contribution in [2.75, 3.05) is 6.54 Å². The van der Waals surface area contributed by atoms with Crippen LogP contribution in [0.3, 0.4) is 0 Å². The first-order valence-electron chi connectivity index (χ1n) is 4.60. The van der Waals surface area contributed by atoms with Crippen LogP contribution in [0.4, 0.5) is 0 Å². The van der Waals surface area contributed by atoms with E-state index < -0.39 is 0 Å². The summed E-state index contributed by atoms with van der Waals surface area (Å²) in [5.74, 6) is 0.233. The molecule has 14 heavy (non-hydrogen) atoms. The van der Waals surface area contributed by atoms with E-state index in [1.165, 1.54) is 6.08 Å². The van der Waals surface area contributed by atoms with Crippen molar-refractivity contribution in [3.8, 4) is 0 Å². The van der Waals surface area contributed by atoms with Crippen molar-refractivity contribution in [2.45, 2.75) is 13.5 Å². The van der Waals surface area contributed by atoms with Gasteiger partial charge in [0.15, 0.2) is 0 Å². The molecule has 1 aromatic heterocycles. The number of aromatic nitrogens is 2. The summed E-state index contributed by atoms with van der Waals surface area (Å²) in [5.41, 5.74) is 0. The van der Waals surface area contributed by atoms with Gasteiger partial charge in [0.1, 0.15) is 0 Å². The van der Waals surface area contributed by atoms with Gasteiger partial charge in [-0.3, -0.25) is 9.48 Å². The Balaban J connectivity index is 2.26. The maximum Gasteiger partial charge on any atom is 0.243 e. The molecule has 1 atom stereocenters. The molecule has 4 heteroatoms. The number of carbonyl (C=O) groups excluding carboxylic acids is 1. The van der Waals surface area contributed by atoms with Crippen molar-refractivity contribution in [1.29, 1.82) is 0 Å². The summed E-state index contributed by atoms with van der Waals surface area (Å²) >= 11 is 0. The minimum absolute atomic E-state index is 0.127. The second kappa shape index (κ2) is 5.21. The van der Waals surface area contributed by atoms with Gasteiger partial charge in [-0.25, -0.2) is 0 Å². The van der Waals surface area contributed by atoms with Crippen molar-refractivity contribution in [2.24, 2.45) is 5.92 Å². The van der Waals surface area contributed by atoms with Crippen LogP contribution in [0.25, 0.3) is 0 Å². The monoisotopic (exact) mass is 193 g/mol. The van der Waals surface area contributed by atoms with Crippen LogP contribution in [0.5, 0.6) is 0 Å². The van der Waals surface area contributed by atoms with Crippen molar-refractivity contribution in [1.82, 2.24) is 15.1 Å². The second-order valence-corrected chi connectivity index (χ2v) is 3.28. The summed E-state index contributed by atoms with van der Waals surface area (Å²) in [6, 6.07) is 1.88. The highest BCUT2D eigenvalue weighted by atomic mass is 16.1. The van der Waals surface area contributed by atoms with E-state index in [-0.39, 0.29) is 5.91 Å². The van der Waals surface area contributed by atoms with Crippen LogP contribution in [0.2, 0.25) is 0 Å². The van der Waals surface area contributed by atoms with Gasteiger partial charge < -0.3 is 5.32 Å². The first kappa shape index (κ1) is 10.5. The number of nitrogens with zero attached hydrogens (tertiary/aromatic N) is 2. The molecule has 0 aliphatic heterocycles. The quantitative estimate of drug-likeness (QED) is 0.704. The summed E-state index contributed by atoms with van der Waals surface area (Å²) in [5, 5.41) is 6.83. The highest BCUT2D eigenvalue weighted by molar-refractivity contribution is 5.86. The molecule has 1 amide bonds. The van der Waals surface area contributed by atoms with Crippen LogP contribution < -0.4 is 5.32 Å². The summed E-state index contributed by atoms with van der Waals surface area (Å²) in [4.78, 5) is 10.9. The first-order valence-corrected chi connectivity index (χ1v) is 4.60. The zero-order chi connectivity index (χ0) is 10.4. The van der Waals surface area contributed by atoms with Gasteiger partial charge >= 0.3 is 0 Å². The van der Waals surface area contributed by atoms with Crippen LogP contribution in [0, 0.1) is 5.92 Å². The molecule has 0 aliphatic rings. The number of amides is 1. The van der Waals surface area contributed by atoms with Gasteiger partial charge in [-0.2, -0.15) is 5.10 Å². The van der Waals surface area contributed by atoms with E-state index in [4.69, 9.17) is 0 Å². The standard InChI is InChI=1S/C10H15N3O/c1-3-10(14)11-7-9(2)8-13-6-4-5-12-13/h3-6,9H,1,7-8H2,2H3,(H,11,14). The topological polar surface area (TPSA) is 46.9 Å². The van der Waals surface area contributed by atoms with Gasteiger partial charge in [-0.05, 0) is 18.1 Å². The highest BCUT2D eigenvalue weighted by Crippen LogP contribution is 1.97. The Hall–Kier alpha value is -1.58. The molecule has 1 N–H and O–H groups in total. The zero-order valence-corrected chi connectivity index (χ0v) is 8.31. The first-order chi connectivity index (χ1) is 6.72. The number of nitrogens with one attached hydrogen (secondary N) is 1. The highest BCUT2D eigenvalue weighted by Gasteiger charge is 2.03. The molecular weight excluding hydrogens is 178 g/mol. The molecule has 1 heterocycles. The molecule has 1 unspecified atom stereocenters. The van der Waals surface area contributed by atoms with Crippen LogP contribution >= 0.6 is 0 Å². The van der Waals surface area contributed by atoms with Crippen LogP contribution in [-0.4, -0.2) is 22.2 Å². The second-order valence-electron chi connectivity index (χ2n) is 3.28. The molecule has 0 aliphatic carbocycles. The maximum absolute atomic E-state index is 10.9. The van der Waals surface area contributed by atoms with E-state index in [1.54, 1.807) is 6.20 Å². The number of hydrogen-bond donors (Lipinski definition) is 1. The molecule has 76 valence electrons. The predicted molar refractivity (Wildman–Crippen MR) is 54.6 cm³/mol. The minimum Gasteiger partial charge on any atom is -0.352 e. The largest absolute Gasteiger partial charge is 0.352 e. The third-order valence-electron chi connectivity index (χ3n) is 1.87. The predicted octanol–water partition coefficient (Wildman–Crippen LogP) is 0.821. The minimum atomic E-state index is -0.127. The zero-order valence-electron chi connectivity index (χ0n) is 8.31. The molecule has 0 saturated heterocycles. The fraction of sp³-hybridized carbons (Fsp3) is 0.400. The van der Waals surface area contributed by atoms with Gasteiger partial charge in [0.25, 0.3) is 0 Å². The van der Waals surface area contributed by atoms with Gasteiger partial charge in [0, 0.05) is 25.5 Å². The molecule has 1 rings (SSSR count). The molecule has 4 nitrogen and oxygen atoms in total. The lowest BCUT2D eigenvalue weighted by Gasteiger charge is -2.11. The maximum atomic E-state index is 10.9. The van der Waals surface area contributed by atoms with Crippen LogP contribution in [0.1, 0.15) is 6.92 Å². The number of rotatable bonds is 5. The van der Waals surface area contributed by atoms with Gasteiger partial charge in [-0.15, -0.1) is 0 Å². The lowest BCUT2D eigenvalue weighted by atomic mass is 10.2. The Bertz CT molecular complexity index is 292. The Morgan fingerprint density at radius 3 is 3.14 bits per heavy atom. The molecule has 0 bridgehead atoms. The molecule has 1 aromatic rings. The molecular formula is C10H15N3O. The Morgan fingerprint density at radius 1 is 1.79 bits per heavy atom. The molecule has 0 aromatic carbocycles. The Labute approximate surface area is 83.6 Å². The summed E-state index contributed by atoms with van der Waals surface area (Å²) in [7, 11) is 0. The van der Waals surface area contributed by atoms with Crippen LogP contribution in [-0.2, 0) is 11.3 Å². The lowest BCUT2D eigenvalue weighted by molar-refractivity contribution is -0.116. The average Bonchev–Trinajstić information content (AvgIpc) is 2.66. The van der Waals surface area contributed by atoms with Crippen molar-refractivity contribution >= 4 is 5.91 Å². The summed E-state index contributed by atoms with van der Waals surface area (Å²) in [6.07, 6.45) is 4.93. The number of hydrogen-bond acceptors (Lipinski definition) is 2. The number of carbonyl (C=O) groups is 1. The normalized spacial score (nSPS) is 12.1. The van der Waals surface area contributed by atoms with E-state index in [9.17, 15) is 4.79 Å². The van der Waals surface area contributed by atoms with E-state index in [2.05, 4.69) is 23.9 Å². The SMILES string of the molecule is C=CC(=O)NCC(C)Cn1cccn1. The van der Waals surface area contributed by atoms with Crippen LogP contribution in [0.15, 0.2) is 31.1 Å². The fourth-order valence-corrected chi connectivity index (χ4v) is 1.14. The smallest absolute Gasteiger partial charge is 0.243 e. The summed E-state index contributed by atoms with van der Waals surface area (Å²) < 4.78 is 1.85. The average molecular weight is 193 g/mol. The summed E-state index contributed by atoms with van der Waals surface area (Å²) in [6.45, 7) is 6.90. The Kier molecular flexibility index (Phi) is 3.91. The van der Waals surface area contributed by atoms with Gasteiger partial charge in [-0.1, -0.05) is 13.5 Å². The Morgan fingerprint density at radius 2 is 2.57 bits per heavy atom. The van der Waals surface area contributed by atoms with E-state index >= 15 is 0 Å². The van der Waals surface area contributed by atoms with Gasteiger partial charge in [0.2, 0.25) is 5.91 Å². The fourth-order valence-electron chi connectivity index (χ4n) is 1.14. The molecule has 0 fully saturated rings. The molecule has 0 saturated carbocycles. The van der Waals surface area contributed by atoms with Crippen molar-refractivity contribution < 1.29 is 4.79 Å². The lowest BCUT2D eigenvalue weighted by Crippen LogP contribution is -2.28. The molecule has 0 radical (unpaired) electrons. The van der Waals surface area contributed by atoms with E-state index in [0.29, 0.717) is 12.5 Å². The van der Waals surface area contributed by atoms with Crippen molar-refractivity contribution in [3.63, 3.8) is 0 Å². The van der Waals surface area contributed by atoms with Gasteiger partial charge in [0.05, 0.1) is 0 Å². The van der Waals surface area contributed by atoms with E-state index in [1.807, 2.05) is 16.9 Å². The third-order valence-corrected chi connectivity index (χ3v) is 1.87. The van der Waals surface area contributed by atoms with E-state index in [0.717, 1.165) is 6.54 Å². The molecule has 0 spiro atoms. The van der Waals surface area contributed by atoms with Crippen molar-refractivity contribution in [3.05, 3.63) is 31.1 Å². The third kappa shape index (κ3) is 3.43.